The molecule has 6 nitrogen and oxygen atoms in total. The van der Waals surface area contributed by atoms with E-state index in [1.54, 1.807) is 18.9 Å². The number of fused-ring (bicyclic) bond motifs is 1. The first-order valence-corrected chi connectivity index (χ1v) is 6.96. The van der Waals surface area contributed by atoms with Gasteiger partial charge in [0.05, 0.1) is 17.4 Å². The number of hydrogen-bond donors (Lipinski definition) is 1. The van der Waals surface area contributed by atoms with E-state index in [2.05, 4.69) is 10.5 Å². The highest BCUT2D eigenvalue weighted by molar-refractivity contribution is 6.05. The first kappa shape index (κ1) is 13.6. The SMILES string of the molecule is CC1Oc2ccc(C3=NNC(C=O)CC3)cc2N(C)C1=O. The van der Waals surface area contributed by atoms with Crippen molar-refractivity contribution in [2.24, 2.45) is 5.10 Å². The number of amides is 1. The van der Waals surface area contributed by atoms with E-state index >= 15 is 0 Å². The predicted molar refractivity (Wildman–Crippen MR) is 78.7 cm³/mol. The molecule has 2 aliphatic heterocycles. The van der Waals surface area contributed by atoms with Crippen LogP contribution < -0.4 is 15.1 Å². The van der Waals surface area contributed by atoms with Gasteiger partial charge in [-0.2, -0.15) is 5.10 Å². The van der Waals surface area contributed by atoms with E-state index in [0.29, 0.717) is 5.75 Å². The zero-order valence-electron chi connectivity index (χ0n) is 12.0. The van der Waals surface area contributed by atoms with E-state index in [9.17, 15) is 9.59 Å². The molecule has 2 heterocycles. The molecule has 0 spiro atoms. The number of carbonyl (C=O) groups excluding carboxylic acids is 2. The lowest BCUT2D eigenvalue weighted by Crippen LogP contribution is -2.42. The van der Waals surface area contributed by atoms with Crippen molar-refractivity contribution in [1.29, 1.82) is 0 Å². The molecule has 2 atom stereocenters. The Morgan fingerprint density at radius 1 is 1.48 bits per heavy atom. The van der Waals surface area contributed by atoms with Gasteiger partial charge in [-0.15, -0.1) is 0 Å². The Morgan fingerprint density at radius 2 is 2.29 bits per heavy atom. The Morgan fingerprint density at radius 3 is 2.95 bits per heavy atom. The molecule has 3 rings (SSSR count). The van der Waals surface area contributed by atoms with Crippen molar-refractivity contribution in [3.05, 3.63) is 23.8 Å². The number of hydrogen-bond acceptors (Lipinski definition) is 5. The lowest BCUT2D eigenvalue weighted by molar-refractivity contribution is -0.125. The second kappa shape index (κ2) is 5.20. The largest absolute Gasteiger partial charge is 0.479 e. The van der Waals surface area contributed by atoms with Gasteiger partial charge in [-0.05, 0) is 38.0 Å². The Bertz CT molecular complexity index is 627. The summed E-state index contributed by atoms with van der Waals surface area (Å²) >= 11 is 0. The molecule has 0 radical (unpaired) electrons. The highest BCUT2D eigenvalue weighted by Gasteiger charge is 2.29. The van der Waals surface area contributed by atoms with Crippen LogP contribution in [0.2, 0.25) is 0 Å². The molecule has 0 aromatic heterocycles. The number of likely N-dealkylation sites (N-methyl/N-ethyl adjacent to an activating group) is 1. The Balaban J connectivity index is 1.92. The zero-order valence-corrected chi connectivity index (χ0v) is 12.0. The maximum atomic E-state index is 12.0. The molecule has 1 N–H and O–H groups in total. The van der Waals surface area contributed by atoms with Crippen LogP contribution in [0.3, 0.4) is 0 Å². The third kappa shape index (κ3) is 2.37. The zero-order chi connectivity index (χ0) is 15.0. The minimum absolute atomic E-state index is 0.0654. The number of hydrazone groups is 1. The van der Waals surface area contributed by atoms with E-state index < -0.39 is 6.10 Å². The lowest BCUT2D eigenvalue weighted by Gasteiger charge is -2.30. The van der Waals surface area contributed by atoms with E-state index in [1.165, 1.54) is 0 Å². The van der Waals surface area contributed by atoms with Gasteiger partial charge in [-0.1, -0.05) is 0 Å². The molecule has 1 aromatic rings. The highest BCUT2D eigenvalue weighted by Crippen LogP contribution is 2.34. The molecular weight excluding hydrogens is 270 g/mol. The van der Waals surface area contributed by atoms with Crippen LogP contribution in [0.25, 0.3) is 0 Å². The summed E-state index contributed by atoms with van der Waals surface area (Å²) in [6, 6.07) is 5.48. The van der Waals surface area contributed by atoms with Crippen molar-refractivity contribution in [3.63, 3.8) is 0 Å². The fourth-order valence-corrected chi connectivity index (χ4v) is 2.57. The quantitative estimate of drug-likeness (QED) is 0.826. The number of nitrogens with one attached hydrogen (secondary N) is 1. The fourth-order valence-electron chi connectivity index (χ4n) is 2.57. The van der Waals surface area contributed by atoms with Gasteiger partial charge in [-0.3, -0.25) is 10.2 Å². The molecule has 2 aliphatic rings. The maximum absolute atomic E-state index is 12.0. The molecule has 0 saturated carbocycles. The molecule has 1 amide bonds. The summed E-state index contributed by atoms with van der Waals surface area (Å²) in [4.78, 5) is 24.3. The van der Waals surface area contributed by atoms with Crippen LogP contribution in [0.4, 0.5) is 5.69 Å². The predicted octanol–water partition coefficient (Wildman–Crippen LogP) is 1.09. The minimum Gasteiger partial charge on any atom is -0.479 e. The molecule has 6 heteroatoms. The molecule has 2 unspecified atom stereocenters. The first-order chi connectivity index (χ1) is 10.1. The molecule has 0 saturated heterocycles. The van der Waals surface area contributed by atoms with E-state index in [4.69, 9.17) is 4.74 Å². The van der Waals surface area contributed by atoms with Crippen LogP contribution in [-0.2, 0) is 9.59 Å². The van der Waals surface area contributed by atoms with Gasteiger partial charge in [0.25, 0.3) is 5.91 Å². The van der Waals surface area contributed by atoms with Crippen LogP contribution in [0.1, 0.15) is 25.3 Å². The maximum Gasteiger partial charge on any atom is 0.267 e. The van der Waals surface area contributed by atoms with E-state index in [0.717, 1.165) is 36.1 Å². The topological polar surface area (TPSA) is 71.0 Å². The second-order valence-electron chi connectivity index (χ2n) is 5.31. The van der Waals surface area contributed by atoms with Crippen molar-refractivity contribution < 1.29 is 14.3 Å². The van der Waals surface area contributed by atoms with Gasteiger partial charge in [0.1, 0.15) is 12.0 Å². The third-order valence-electron chi connectivity index (χ3n) is 3.86. The van der Waals surface area contributed by atoms with Gasteiger partial charge in [0.2, 0.25) is 0 Å². The number of ether oxygens (including phenoxy) is 1. The van der Waals surface area contributed by atoms with Crippen molar-refractivity contribution in [2.45, 2.75) is 31.9 Å². The molecule has 1 aromatic carbocycles. The number of benzene rings is 1. The van der Waals surface area contributed by atoms with Crippen LogP contribution in [0.15, 0.2) is 23.3 Å². The Kier molecular flexibility index (Phi) is 3.37. The minimum atomic E-state index is -0.463. The fraction of sp³-hybridized carbons (Fsp3) is 0.400. The summed E-state index contributed by atoms with van der Waals surface area (Å²) in [7, 11) is 1.74. The molecule has 0 fully saturated rings. The smallest absolute Gasteiger partial charge is 0.267 e. The van der Waals surface area contributed by atoms with E-state index in [1.807, 2.05) is 18.2 Å². The number of aldehydes is 1. The summed E-state index contributed by atoms with van der Waals surface area (Å²) in [6.45, 7) is 1.74. The molecule has 21 heavy (non-hydrogen) atoms. The third-order valence-corrected chi connectivity index (χ3v) is 3.86. The standard InChI is InChI=1S/C15H17N3O3/c1-9-15(20)18(2)13-7-10(3-6-14(13)21-9)12-5-4-11(8-19)16-17-12/h3,6-9,11,16H,4-5H2,1-2H3. The number of nitrogens with zero attached hydrogens (tertiary/aromatic N) is 2. The summed E-state index contributed by atoms with van der Waals surface area (Å²) < 4.78 is 5.60. The second-order valence-corrected chi connectivity index (χ2v) is 5.31. The van der Waals surface area contributed by atoms with E-state index in [-0.39, 0.29) is 11.9 Å². The van der Waals surface area contributed by atoms with Gasteiger partial charge < -0.3 is 14.4 Å². The summed E-state index contributed by atoms with van der Waals surface area (Å²) in [5, 5.41) is 4.25. The van der Waals surface area contributed by atoms with Crippen molar-refractivity contribution in [1.82, 2.24) is 5.43 Å². The van der Waals surface area contributed by atoms with Gasteiger partial charge in [0, 0.05) is 12.6 Å². The van der Waals surface area contributed by atoms with Crippen molar-refractivity contribution in [2.75, 3.05) is 11.9 Å². The molecule has 110 valence electrons. The van der Waals surface area contributed by atoms with Gasteiger partial charge in [-0.25, -0.2) is 0 Å². The van der Waals surface area contributed by atoms with Crippen molar-refractivity contribution in [3.8, 4) is 5.75 Å². The lowest BCUT2D eigenvalue weighted by atomic mass is 10.0. The number of carbonyl (C=O) groups is 2. The molecule has 0 aliphatic carbocycles. The number of anilines is 1. The molecular formula is C15H17N3O3. The van der Waals surface area contributed by atoms with Crippen LogP contribution in [0.5, 0.6) is 5.75 Å². The van der Waals surface area contributed by atoms with Crippen LogP contribution in [-0.4, -0.2) is 37.1 Å². The Hall–Kier alpha value is -2.37. The summed E-state index contributed by atoms with van der Waals surface area (Å²) in [5.41, 5.74) is 5.40. The van der Waals surface area contributed by atoms with Crippen LogP contribution >= 0.6 is 0 Å². The van der Waals surface area contributed by atoms with Gasteiger partial charge in [0.15, 0.2) is 6.10 Å². The Labute approximate surface area is 122 Å². The number of rotatable bonds is 2. The first-order valence-electron chi connectivity index (χ1n) is 6.96. The summed E-state index contributed by atoms with van der Waals surface area (Å²) in [6.07, 6.45) is 1.86. The summed E-state index contributed by atoms with van der Waals surface area (Å²) in [5.74, 6) is 0.632. The van der Waals surface area contributed by atoms with Crippen LogP contribution in [0, 0.1) is 0 Å². The van der Waals surface area contributed by atoms with Crippen molar-refractivity contribution >= 4 is 23.6 Å². The highest BCUT2D eigenvalue weighted by atomic mass is 16.5. The monoisotopic (exact) mass is 287 g/mol. The average molecular weight is 287 g/mol. The molecule has 0 bridgehead atoms. The van der Waals surface area contributed by atoms with Gasteiger partial charge >= 0.3 is 0 Å². The average Bonchev–Trinajstić information content (AvgIpc) is 2.53. The normalized spacial score (nSPS) is 24.6.